The van der Waals surface area contributed by atoms with E-state index in [0.29, 0.717) is 0 Å². The largest absolute Gasteiger partial charge is 0.454 e. The van der Waals surface area contributed by atoms with E-state index < -0.39 is 0 Å². The van der Waals surface area contributed by atoms with Crippen LogP contribution in [0.2, 0.25) is 0 Å². The van der Waals surface area contributed by atoms with E-state index in [4.69, 9.17) is 4.42 Å². The summed E-state index contributed by atoms with van der Waals surface area (Å²) in [6, 6.07) is 56.5. The lowest BCUT2D eigenvalue weighted by atomic mass is 10.0. The van der Waals surface area contributed by atoms with Crippen LogP contribution in [0.5, 0.6) is 0 Å². The Hall–Kier alpha value is -6.06. The molecule has 0 aliphatic carbocycles. The maximum Gasteiger partial charge on any atom is 0.159 e. The van der Waals surface area contributed by atoms with Crippen LogP contribution >= 0.6 is 0 Å². The Labute approximate surface area is 258 Å². The second-order valence-electron chi connectivity index (χ2n) is 11.8. The Morgan fingerprint density at radius 1 is 0.356 bits per heavy atom. The molecule has 0 saturated carbocycles. The molecule has 3 aromatic heterocycles. The van der Waals surface area contributed by atoms with E-state index in [-0.39, 0.29) is 0 Å². The van der Waals surface area contributed by atoms with Crippen LogP contribution < -0.4 is 0 Å². The highest BCUT2D eigenvalue weighted by Gasteiger charge is 2.20. The van der Waals surface area contributed by atoms with Crippen molar-refractivity contribution in [3.05, 3.63) is 158 Å². The number of aromatic nitrogens is 2. The number of rotatable bonds is 3. The number of hydrogen-bond acceptors (Lipinski definition) is 1. The molecular weight excluding hydrogens is 548 g/mol. The molecule has 3 nitrogen and oxygen atoms in total. The molecule has 3 heterocycles. The Morgan fingerprint density at radius 3 is 1.47 bits per heavy atom. The van der Waals surface area contributed by atoms with Crippen LogP contribution in [0, 0.1) is 0 Å². The molecule has 0 atom stereocenters. The minimum Gasteiger partial charge on any atom is -0.454 e. The molecule has 0 radical (unpaired) electrons. The van der Waals surface area contributed by atoms with E-state index in [1.54, 1.807) is 0 Å². The fraction of sp³-hybridized carbons (Fsp3) is 0. The minimum absolute atomic E-state index is 0.894. The van der Waals surface area contributed by atoms with Gasteiger partial charge in [-0.1, -0.05) is 103 Å². The highest BCUT2D eigenvalue weighted by Crippen LogP contribution is 2.41. The van der Waals surface area contributed by atoms with Crippen molar-refractivity contribution in [1.29, 1.82) is 0 Å². The number of furan rings is 1. The van der Waals surface area contributed by atoms with Gasteiger partial charge in [-0.05, 0) is 65.7 Å². The smallest absolute Gasteiger partial charge is 0.159 e. The maximum atomic E-state index is 6.65. The first kappa shape index (κ1) is 24.4. The highest BCUT2D eigenvalue weighted by molar-refractivity contribution is 6.14. The van der Waals surface area contributed by atoms with Crippen LogP contribution in [-0.2, 0) is 0 Å². The van der Waals surface area contributed by atoms with Crippen molar-refractivity contribution in [2.45, 2.75) is 0 Å². The van der Waals surface area contributed by atoms with Gasteiger partial charge in [-0.2, -0.15) is 0 Å². The monoisotopic (exact) mass is 574 g/mol. The summed E-state index contributed by atoms with van der Waals surface area (Å²) >= 11 is 0. The minimum atomic E-state index is 0.894. The lowest BCUT2D eigenvalue weighted by molar-refractivity contribution is 0.666. The molecule has 10 aromatic rings. The van der Waals surface area contributed by atoms with Gasteiger partial charge in [0.05, 0.1) is 27.8 Å². The topological polar surface area (TPSA) is 23.0 Å². The van der Waals surface area contributed by atoms with Gasteiger partial charge in [0.1, 0.15) is 5.58 Å². The van der Waals surface area contributed by atoms with Gasteiger partial charge in [0.2, 0.25) is 0 Å². The first-order valence-corrected chi connectivity index (χ1v) is 15.4. The standard InChI is InChI=1S/C42H26N2O/c1-6-19-36-30(14-1)31-15-2-7-20-37(31)43(36)29-13-11-12-27(24-29)28-25-35-34-18-5-10-23-41(34)45-42(35)40(26-28)44-38-21-8-3-16-32(38)33-17-4-9-22-39(33)44/h1-26H. The third-order valence-electron chi connectivity index (χ3n) is 9.30. The van der Waals surface area contributed by atoms with Gasteiger partial charge in [-0.25, -0.2) is 0 Å². The fourth-order valence-electron chi connectivity index (χ4n) is 7.35. The molecule has 0 spiro atoms. The molecule has 0 fully saturated rings. The van der Waals surface area contributed by atoms with Gasteiger partial charge in [0.15, 0.2) is 5.58 Å². The summed E-state index contributed by atoms with van der Waals surface area (Å²) in [5.41, 5.74) is 11.0. The lowest BCUT2D eigenvalue weighted by Crippen LogP contribution is -1.96. The van der Waals surface area contributed by atoms with E-state index in [1.807, 2.05) is 6.07 Å². The number of benzene rings is 7. The van der Waals surface area contributed by atoms with Crippen molar-refractivity contribution >= 4 is 65.6 Å². The summed E-state index contributed by atoms with van der Waals surface area (Å²) < 4.78 is 11.4. The first-order valence-electron chi connectivity index (χ1n) is 15.4. The Morgan fingerprint density at radius 2 is 0.867 bits per heavy atom. The number of fused-ring (bicyclic) bond motifs is 9. The molecule has 0 aliphatic rings. The summed E-state index contributed by atoms with van der Waals surface area (Å²) in [7, 11) is 0. The van der Waals surface area contributed by atoms with Gasteiger partial charge < -0.3 is 13.6 Å². The van der Waals surface area contributed by atoms with E-state index in [0.717, 1.165) is 55.5 Å². The van der Waals surface area contributed by atoms with Gasteiger partial charge >= 0.3 is 0 Å². The zero-order valence-electron chi connectivity index (χ0n) is 24.3. The Kier molecular flexibility index (Phi) is 5.00. The molecular formula is C42H26N2O. The van der Waals surface area contributed by atoms with Gasteiger partial charge in [0.25, 0.3) is 0 Å². The van der Waals surface area contributed by atoms with Crippen molar-refractivity contribution in [1.82, 2.24) is 9.13 Å². The second-order valence-corrected chi connectivity index (χ2v) is 11.8. The SMILES string of the molecule is c1cc(-c2cc(-n3c4ccccc4c4ccccc43)c3oc4ccccc4c3c2)cc(-n2c3ccccc3c3ccccc32)c1. The molecule has 0 N–H and O–H groups in total. The van der Waals surface area contributed by atoms with E-state index in [9.17, 15) is 0 Å². The van der Waals surface area contributed by atoms with Crippen LogP contribution in [0.1, 0.15) is 0 Å². The Balaban J connectivity index is 1.28. The molecule has 45 heavy (non-hydrogen) atoms. The van der Waals surface area contributed by atoms with Crippen LogP contribution in [0.15, 0.2) is 162 Å². The summed E-state index contributed by atoms with van der Waals surface area (Å²) in [6.07, 6.45) is 0. The third-order valence-corrected chi connectivity index (χ3v) is 9.30. The fourth-order valence-corrected chi connectivity index (χ4v) is 7.35. The van der Waals surface area contributed by atoms with Gasteiger partial charge in [0, 0.05) is 38.0 Å². The van der Waals surface area contributed by atoms with Crippen molar-refractivity contribution in [2.24, 2.45) is 0 Å². The molecule has 0 saturated heterocycles. The molecule has 3 heteroatoms. The number of hydrogen-bond donors (Lipinski definition) is 0. The summed E-state index contributed by atoms with van der Waals surface area (Å²) in [4.78, 5) is 0. The van der Waals surface area contributed by atoms with Crippen molar-refractivity contribution in [3.63, 3.8) is 0 Å². The zero-order chi connectivity index (χ0) is 29.5. The molecule has 0 aliphatic heterocycles. The molecule has 0 amide bonds. The predicted molar refractivity (Wildman–Crippen MR) is 188 cm³/mol. The van der Waals surface area contributed by atoms with E-state index >= 15 is 0 Å². The number of nitrogens with zero attached hydrogens (tertiary/aromatic N) is 2. The molecule has 10 rings (SSSR count). The third kappa shape index (κ3) is 3.46. The normalized spacial score (nSPS) is 12.0. The van der Waals surface area contributed by atoms with Gasteiger partial charge in [-0.15, -0.1) is 0 Å². The van der Waals surface area contributed by atoms with Gasteiger partial charge in [-0.3, -0.25) is 0 Å². The highest BCUT2D eigenvalue weighted by atomic mass is 16.3. The average molecular weight is 575 g/mol. The summed E-state index contributed by atoms with van der Waals surface area (Å²) in [6.45, 7) is 0. The number of para-hydroxylation sites is 5. The molecule has 7 aromatic carbocycles. The quantitative estimate of drug-likeness (QED) is 0.206. The molecule has 0 unspecified atom stereocenters. The maximum absolute atomic E-state index is 6.65. The van der Waals surface area contributed by atoms with Crippen LogP contribution in [-0.4, -0.2) is 9.13 Å². The Bertz CT molecular complexity index is 2670. The lowest BCUT2D eigenvalue weighted by Gasteiger charge is -2.13. The van der Waals surface area contributed by atoms with Crippen LogP contribution in [0.3, 0.4) is 0 Å². The van der Waals surface area contributed by atoms with Crippen molar-refractivity contribution in [2.75, 3.05) is 0 Å². The van der Waals surface area contributed by atoms with E-state index in [1.165, 1.54) is 32.6 Å². The van der Waals surface area contributed by atoms with Crippen molar-refractivity contribution < 1.29 is 4.42 Å². The second kappa shape index (κ2) is 9.22. The predicted octanol–water partition coefficient (Wildman–Crippen LogP) is 11.4. The zero-order valence-corrected chi connectivity index (χ0v) is 24.3. The first-order chi connectivity index (χ1) is 22.3. The van der Waals surface area contributed by atoms with Crippen LogP contribution in [0.25, 0.3) is 88.1 Å². The molecule has 0 bridgehead atoms. The van der Waals surface area contributed by atoms with Crippen LogP contribution in [0.4, 0.5) is 0 Å². The van der Waals surface area contributed by atoms with E-state index in [2.05, 4.69) is 161 Å². The molecule has 210 valence electrons. The average Bonchev–Trinajstić information content (AvgIpc) is 3.76. The summed E-state index contributed by atoms with van der Waals surface area (Å²) in [5, 5.41) is 7.22. The van der Waals surface area contributed by atoms with Crippen molar-refractivity contribution in [3.8, 4) is 22.5 Å². The summed E-state index contributed by atoms with van der Waals surface area (Å²) in [5.74, 6) is 0.